The maximum absolute atomic E-state index is 11.6. The van der Waals surface area contributed by atoms with Crippen molar-refractivity contribution >= 4 is 5.91 Å². The van der Waals surface area contributed by atoms with Crippen LogP contribution in [0, 0.1) is 5.92 Å². The summed E-state index contributed by atoms with van der Waals surface area (Å²) < 4.78 is 5.01. The molecule has 1 heterocycles. The number of rotatable bonds is 9. The second-order valence-corrected chi connectivity index (χ2v) is 5.27. The lowest BCUT2D eigenvalue weighted by Gasteiger charge is -2.31. The maximum atomic E-state index is 11.6. The normalized spacial score (nSPS) is 17.6. The molecule has 1 saturated heterocycles. The highest BCUT2D eigenvalue weighted by Gasteiger charge is 2.20. The average Bonchev–Trinajstić information content (AvgIpc) is 2.43. The Morgan fingerprint density at radius 1 is 1.32 bits per heavy atom. The zero-order valence-corrected chi connectivity index (χ0v) is 12.4. The number of hydrogen-bond acceptors (Lipinski definition) is 4. The van der Waals surface area contributed by atoms with Gasteiger partial charge in [-0.1, -0.05) is 6.92 Å². The van der Waals surface area contributed by atoms with Crippen molar-refractivity contribution in [2.75, 3.05) is 53.0 Å². The average molecular weight is 271 g/mol. The molecule has 1 rings (SSSR count). The monoisotopic (exact) mass is 271 g/mol. The molecule has 1 aliphatic heterocycles. The molecule has 0 aliphatic carbocycles. The molecule has 0 aromatic carbocycles. The second-order valence-electron chi connectivity index (χ2n) is 5.27. The Balaban J connectivity index is 2.06. The van der Waals surface area contributed by atoms with Crippen LogP contribution in [0.25, 0.3) is 0 Å². The van der Waals surface area contributed by atoms with E-state index in [0.29, 0.717) is 6.54 Å². The van der Waals surface area contributed by atoms with Gasteiger partial charge in [-0.05, 0) is 44.8 Å². The van der Waals surface area contributed by atoms with Crippen LogP contribution in [-0.2, 0) is 9.53 Å². The van der Waals surface area contributed by atoms with Gasteiger partial charge in [0.2, 0.25) is 5.91 Å². The van der Waals surface area contributed by atoms with Crippen molar-refractivity contribution in [1.29, 1.82) is 0 Å². The fourth-order valence-corrected chi connectivity index (χ4v) is 2.35. The molecule has 5 heteroatoms. The van der Waals surface area contributed by atoms with E-state index in [2.05, 4.69) is 22.5 Å². The Bertz CT molecular complexity index is 241. The van der Waals surface area contributed by atoms with Gasteiger partial charge in [-0.2, -0.15) is 0 Å². The van der Waals surface area contributed by atoms with Gasteiger partial charge in [0.15, 0.2) is 0 Å². The number of nitrogens with one attached hydrogen (secondary N) is 2. The topological polar surface area (TPSA) is 53.6 Å². The largest absolute Gasteiger partial charge is 0.383 e. The van der Waals surface area contributed by atoms with E-state index < -0.39 is 0 Å². The summed E-state index contributed by atoms with van der Waals surface area (Å²) in [5.41, 5.74) is 0. The van der Waals surface area contributed by atoms with Crippen molar-refractivity contribution in [3.63, 3.8) is 0 Å². The SMILES string of the molecule is CCCNC(=O)CN1CCC(CNCCOC)CC1. The lowest BCUT2D eigenvalue weighted by atomic mass is 9.97. The predicted molar refractivity (Wildman–Crippen MR) is 77.2 cm³/mol. The Hall–Kier alpha value is -0.650. The first-order chi connectivity index (χ1) is 9.26. The summed E-state index contributed by atoms with van der Waals surface area (Å²) in [7, 11) is 1.73. The molecule has 2 N–H and O–H groups in total. The molecule has 5 nitrogen and oxygen atoms in total. The van der Waals surface area contributed by atoms with E-state index in [1.54, 1.807) is 7.11 Å². The summed E-state index contributed by atoms with van der Waals surface area (Å²) in [6.45, 7) is 8.27. The van der Waals surface area contributed by atoms with Crippen LogP contribution in [0.3, 0.4) is 0 Å². The van der Waals surface area contributed by atoms with Crippen LogP contribution in [0.5, 0.6) is 0 Å². The van der Waals surface area contributed by atoms with Crippen molar-refractivity contribution in [3.05, 3.63) is 0 Å². The molecule has 19 heavy (non-hydrogen) atoms. The van der Waals surface area contributed by atoms with E-state index in [0.717, 1.165) is 51.7 Å². The summed E-state index contributed by atoms with van der Waals surface area (Å²) in [4.78, 5) is 13.9. The lowest BCUT2D eigenvalue weighted by Crippen LogP contribution is -2.43. The Kier molecular flexibility index (Phi) is 8.79. The minimum Gasteiger partial charge on any atom is -0.383 e. The van der Waals surface area contributed by atoms with Gasteiger partial charge in [-0.15, -0.1) is 0 Å². The quantitative estimate of drug-likeness (QED) is 0.598. The number of piperidine rings is 1. The Morgan fingerprint density at radius 3 is 2.68 bits per heavy atom. The van der Waals surface area contributed by atoms with Gasteiger partial charge in [0.05, 0.1) is 13.2 Å². The van der Waals surface area contributed by atoms with Crippen molar-refractivity contribution in [1.82, 2.24) is 15.5 Å². The molecule has 0 radical (unpaired) electrons. The number of nitrogens with zero attached hydrogens (tertiary/aromatic N) is 1. The first kappa shape index (κ1) is 16.4. The highest BCUT2D eigenvalue weighted by atomic mass is 16.5. The molecule has 0 bridgehead atoms. The standard InChI is InChI=1S/C14H29N3O2/c1-3-6-16-14(18)12-17-8-4-13(5-9-17)11-15-7-10-19-2/h13,15H,3-12H2,1-2H3,(H,16,18). The third-order valence-electron chi connectivity index (χ3n) is 3.56. The number of methoxy groups -OCH3 is 1. The molecule has 112 valence electrons. The summed E-state index contributed by atoms with van der Waals surface area (Å²) in [5, 5.41) is 6.35. The maximum Gasteiger partial charge on any atom is 0.234 e. The van der Waals surface area contributed by atoms with Crippen LogP contribution in [0.15, 0.2) is 0 Å². The van der Waals surface area contributed by atoms with Crippen LogP contribution >= 0.6 is 0 Å². The van der Waals surface area contributed by atoms with E-state index in [4.69, 9.17) is 4.74 Å². The zero-order valence-electron chi connectivity index (χ0n) is 12.4. The molecular formula is C14H29N3O2. The molecular weight excluding hydrogens is 242 g/mol. The van der Waals surface area contributed by atoms with E-state index in [1.165, 1.54) is 12.8 Å². The highest BCUT2D eigenvalue weighted by molar-refractivity contribution is 5.77. The molecule has 0 aromatic rings. The van der Waals surface area contributed by atoms with Gasteiger partial charge in [0, 0.05) is 20.2 Å². The molecule has 0 saturated carbocycles. The molecule has 1 aliphatic rings. The van der Waals surface area contributed by atoms with Gasteiger partial charge in [-0.25, -0.2) is 0 Å². The van der Waals surface area contributed by atoms with Gasteiger partial charge in [-0.3, -0.25) is 9.69 Å². The Morgan fingerprint density at radius 2 is 2.05 bits per heavy atom. The van der Waals surface area contributed by atoms with Crippen LogP contribution in [0.4, 0.5) is 0 Å². The number of ether oxygens (including phenoxy) is 1. The Labute approximate surface area is 117 Å². The fourth-order valence-electron chi connectivity index (χ4n) is 2.35. The smallest absolute Gasteiger partial charge is 0.234 e. The number of carbonyl (C=O) groups is 1. The summed E-state index contributed by atoms with van der Waals surface area (Å²) >= 11 is 0. The fraction of sp³-hybridized carbons (Fsp3) is 0.929. The van der Waals surface area contributed by atoms with Gasteiger partial charge >= 0.3 is 0 Å². The second kappa shape index (κ2) is 10.2. The number of likely N-dealkylation sites (tertiary alicyclic amines) is 1. The first-order valence-electron chi connectivity index (χ1n) is 7.45. The van der Waals surface area contributed by atoms with Gasteiger partial charge in [0.1, 0.15) is 0 Å². The zero-order chi connectivity index (χ0) is 13.9. The predicted octanol–water partition coefficient (Wildman–Crippen LogP) is 0.461. The summed E-state index contributed by atoms with van der Waals surface area (Å²) in [6.07, 6.45) is 3.36. The van der Waals surface area contributed by atoms with Gasteiger partial charge in [0.25, 0.3) is 0 Å². The highest BCUT2D eigenvalue weighted by Crippen LogP contribution is 2.15. The van der Waals surface area contributed by atoms with E-state index in [-0.39, 0.29) is 5.91 Å². The molecule has 0 aromatic heterocycles. The lowest BCUT2D eigenvalue weighted by molar-refractivity contribution is -0.122. The van der Waals surface area contributed by atoms with E-state index in [9.17, 15) is 4.79 Å². The third kappa shape index (κ3) is 7.50. The van der Waals surface area contributed by atoms with Crippen molar-refractivity contribution < 1.29 is 9.53 Å². The van der Waals surface area contributed by atoms with E-state index in [1.807, 2.05) is 0 Å². The number of carbonyl (C=O) groups excluding carboxylic acids is 1. The van der Waals surface area contributed by atoms with Crippen LogP contribution in [-0.4, -0.2) is 63.8 Å². The van der Waals surface area contributed by atoms with Crippen LogP contribution in [0.2, 0.25) is 0 Å². The molecule has 1 amide bonds. The molecule has 1 fully saturated rings. The number of amides is 1. The third-order valence-corrected chi connectivity index (χ3v) is 3.56. The van der Waals surface area contributed by atoms with Crippen molar-refractivity contribution in [2.24, 2.45) is 5.92 Å². The van der Waals surface area contributed by atoms with Crippen molar-refractivity contribution in [3.8, 4) is 0 Å². The van der Waals surface area contributed by atoms with Crippen LogP contribution in [0.1, 0.15) is 26.2 Å². The molecule has 0 spiro atoms. The summed E-state index contributed by atoms with van der Waals surface area (Å²) in [5.74, 6) is 0.908. The molecule has 0 atom stereocenters. The molecule has 0 unspecified atom stereocenters. The van der Waals surface area contributed by atoms with Crippen LogP contribution < -0.4 is 10.6 Å². The van der Waals surface area contributed by atoms with Gasteiger partial charge < -0.3 is 15.4 Å². The first-order valence-corrected chi connectivity index (χ1v) is 7.45. The van der Waals surface area contributed by atoms with E-state index >= 15 is 0 Å². The summed E-state index contributed by atoms with van der Waals surface area (Å²) in [6, 6.07) is 0. The minimum absolute atomic E-state index is 0.165. The van der Waals surface area contributed by atoms with Crippen molar-refractivity contribution in [2.45, 2.75) is 26.2 Å². The number of hydrogen-bond donors (Lipinski definition) is 2. The minimum atomic E-state index is 0.165.